The zero-order valence-corrected chi connectivity index (χ0v) is 14.4. The van der Waals surface area contributed by atoms with Crippen molar-refractivity contribution in [2.24, 2.45) is 0 Å². The van der Waals surface area contributed by atoms with E-state index in [9.17, 15) is 14.7 Å². The summed E-state index contributed by atoms with van der Waals surface area (Å²) in [6.07, 6.45) is 2.13. The Kier molecular flexibility index (Phi) is 6.18. The van der Waals surface area contributed by atoms with Crippen LogP contribution in [0.3, 0.4) is 0 Å². The summed E-state index contributed by atoms with van der Waals surface area (Å²) < 4.78 is 5.99. The van der Waals surface area contributed by atoms with E-state index in [1.807, 2.05) is 25.1 Å². The molecule has 1 amide bonds. The lowest BCUT2D eigenvalue weighted by molar-refractivity contribution is -0.141. The summed E-state index contributed by atoms with van der Waals surface area (Å²) in [6, 6.07) is 4.74. The number of aromatic nitrogens is 1. The summed E-state index contributed by atoms with van der Waals surface area (Å²) in [4.78, 5) is 26.4. The highest BCUT2D eigenvalue weighted by Gasteiger charge is 2.22. The second-order valence-electron chi connectivity index (χ2n) is 5.09. The number of aliphatic carboxylic acids is 1. The van der Waals surface area contributed by atoms with Crippen molar-refractivity contribution in [3.63, 3.8) is 0 Å². The molecule has 1 atom stereocenters. The Bertz CT molecular complexity index is 698. The van der Waals surface area contributed by atoms with E-state index >= 15 is 0 Å². The molecule has 2 aromatic rings. The maximum Gasteiger partial charge on any atom is 0.326 e. The Labute approximate surface area is 142 Å². The SMILES string of the molecule is CCOCCC(=O)NC(Cc1c[nH]c2cccc(Br)c12)C(=O)O. The van der Waals surface area contributed by atoms with Crippen LogP contribution in [0, 0.1) is 0 Å². The third-order valence-electron chi connectivity index (χ3n) is 3.47. The molecule has 0 spiro atoms. The maximum atomic E-state index is 11.8. The first-order valence-corrected chi connectivity index (χ1v) is 8.16. The minimum absolute atomic E-state index is 0.148. The van der Waals surface area contributed by atoms with E-state index in [0.717, 1.165) is 20.9 Å². The summed E-state index contributed by atoms with van der Waals surface area (Å²) in [7, 11) is 0. The number of hydrogen-bond acceptors (Lipinski definition) is 3. The van der Waals surface area contributed by atoms with E-state index < -0.39 is 12.0 Å². The first-order valence-electron chi connectivity index (χ1n) is 7.37. The number of carbonyl (C=O) groups is 2. The zero-order chi connectivity index (χ0) is 16.8. The van der Waals surface area contributed by atoms with Gasteiger partial charge in [-0.3, -0.25) is 4.79 Å². The zero-order valence-electron chi connectivity index (χ0n) is 12.8. The van der Waals surface area contributed by atoms with Crippen molar-refractivity contribution in [1.82, 2.24) is 10.3 Å². The number of H-pyrrole nitrogens is 1. The highest BCUT2D eigenvalue weighted by molar-refractivity contribution is 9.10. The number of carbonyl (C=O) groups excluding carboxylic acids is 1. The molecule has 1 aromatic carbocycles. The molecule has 1 unspecified atom stereocenters. The Morgan fingerprint density at radius 1 is 1.43 bits per heavy atom. The summed E-state index contributed by atoms with van der Waals surface area (Å²) in [5.41, 5.74) is 1.76. The maximum absolute atomic E-state index is 11.8. The summed E-state index contributed by atoms with van der Waals surface area (Å²) >= 11 is 3.48. The highest BCUT2D eigenvalue weighted by Crippen LogP contribution is 2.27. The molecule has 0 saturated heterocycles. The predicted octanol–water partition coefficient (Wildman–Crippen LogP) is 2.47. The molecule has 0 fully saturated rings. The molecular weight excluding hydrogens is 364 g/mol. The smallest absolute Gasteiger partial charge is 0.326 e. The first kappa shape index (κ1) is 17.5. The average Bonchev–Trinajstić information content (AvgIpc) is 2.91. The molecule has 0 bridgehead atoms. The van der Waals surface area contributed by atoms with Crippen molar-refractivity contribution in [3.8, 4) is 0 Å². The molecule has 2 rings (SSSR count). The Balaban J connectivity index is 2.09. The van der Waals surface area contributed by atoms with Crippen molar-refractivity contribution in [2.45, 2.75) is 25.8 Å². The van der Waals surface area contributed by atoms with Crippen LogP contribution in [0.25, 0.3) is 10.9 Å². The van der Waals surface area contributed by atoms with Crippen molar-refractivity contribution < 1.29 is 19.4 Å². The predicted molar refractivity (Wildman–Crippen MR) is 90.4 cm³/mol. The lowest BCUT2D eigenvalue weighted by atomic mass is 10.0. The van der Waals surface area contributed by atoms with E-state index in [1.54, 1.807) is 6.20 Å². The molecule has 7 heteroatoms. The van der Waals surface area contributed by atoms with Gasteiger partial charge in [0.05, 0.1) is 6.61 Å². The Morgan fingerprint density at radius 3 is 2.91 bits per heavy atom. The standard InChI is InChI=1S/C16H19BrN2O4/c1-2-23-7-6-14(20)19-13(16(21)22)8-10-9-18-12-5-3-4-11(17)15(10)12/h3-5,9,13,18H,2,6-8H2,1H3,(H,19,20)(H,21,22). The fraction of sp³-hybridized carbons (Fsp3) is 0.375. The minimum Gasteiger partial charge on any atom is -0.480 e. The fourth-order valence-corrected chi connectivity index (χ4v) is 2.99. The van der Waals surface area contributed by atoms with Crippen LogP contribution in [0.15, 0.2) is 28.9 Å². The lowest BCUT2D eigenvalue weighted by Gasteiger charge is -2.14. The van der Waals surface area contributed by atoms with E-state index in [1.165, 1.54) is 0 Å². The highest BCUT2D eigenvalue weighted by atomic mass is 79.9. The van der Waals surface area contributed by atoms with Gasteiger partial charge in [-0.1, -0.05) is 22.0 Å². The number of benzene rings is 1. The van der Waals surface area contributed by atoms with Crippen LogP contribution in [0.4, 0.5) is 0 Å². The molecule has 124 valence electrons. The molecule has 0 radical (unpaired) electrons. The van der Waals surface area contributed by atoms with Crippen LogP contribution in [-0.4, -0.2) is 41.2 Å². The number of nitrogens with one attached hydrogen (secondary N) is 2. The second kappa shape index (κ2) is 8.12. The molecular formula is C16H19BrN2O4. The van der Waals surface area contributed by atoms with Gasteiger partial charge in [0.25, 0.3) is 0 Å². The molecule has 1 heterocycles. The molecule has 0 aliphatic carbocycles. The molecule has 0 aliphatic heterocycles. The molecule has 0 aliphatic rings. The van der Waals surface area contributed by atoms with E-state index in [-0.39, 0.29) is 25.4 Å². The van der Waals surface area contributed by atoms with Crippen LogP contribution in [0.1, 0.15) is 18.9 Å². The van der Waals surface area contributed by atoms with Crippen LogP contribution in [-0.2, 0) is 20.7 Å². The van der Waals surface area contributed by atoms with Gasteiger partial charge in [0.15, 0.2) is 0 Å². The van der Waals surface area contributed by atoms with Gasteiger partial charge in [-0.15, -0.1) is 0 Å². The molecule has 3 N–H and O–H groups in total. The number of aromatic amines is 1. The summed E-state index contributed by atoms with van der Waals surface area (Å²) in [6.45, 7) is 2.65. The third-order valence-corrected chi connectivity index (χ3v) is 4.13. The summed E-state index contributed by atoms with van der Waals surface area (Å²) in [5, 5.41) is 12.8. The number of carboxylic acids is 1. The van der Waals surface area contributed by atoms with Crippen LogP contribution in [0.2, 0.25) is 0 Å². The van der Waals surface area contributed by atoms with E-state index in [4.69, 9.17) is 4.74 Å². The molecule has 23 heavy (non-hydrogen) atoms. The topological polar surface area (TPSA) is 91.4 Å². The third kappa shape index (κ3) is 4.56. The van der Waals surface area contributed by atoms with Gasteiger partial charge in [0.1, 0.15) is 6.04 Å². The van der Waals surface area contributed by atoms with Gasteiger partial charge >= 0.3 is 5.97 Å². The number of halogens is 1. The van der Waals surface area contributed by atoms with Crippen LogP contribution < -0.4 is 5.32 Å². The first-order chi connectivity index (χ1) is 11.0. The van der Waals surface area contributed by atoms with Gasteiger partial charge in [-0.25, -0.2) is 4.79 Å². The van der Waals surface area contributed by atoms with Crippen molar-refractivity contribution >= 4 is 38.7 Å². The number of amides is 1. The van der Waals surface area contributed by atoms with Gasteiger partial charge < -0.3 is 20.1 Å². The normalized spacial score (nSPS) is 12.3. The Hall–Kier alpha value is -1.86. The van der Waals surface area contributed by atoms with Gasteiger partial charge in [-0.05, 0) is 24.6 Å². The molecule has 0 saturated carbocycles. The lowest BCUT2D eigenvalue weighted by Crippen LogP contribution is -2.42. The number of hydrogen-bond donors (Lipinski definition) is 3. The number of ether oxygens (including phenoxy) is 1. The van der Waals surface area contributed by atoms with E-state index in [0.29, 0.717) is 6.61 Å². The van der Waals surface area contributed by atoms with Gasteiger partial charge in [0.2, 0.25) is 5.91 Å². The number of rotatable bonds is 8. The number of fused-ring (bicyclic) bond motifs is 1. The van der Waals surface area contributed by atoms with Crippen molar-refractivity contribution in [3.05, 3.63) is 34.4 Å². The minimum atomic E-state index is -1.06. The average molecular weight is 383 g/mol. The quantitative estimate of drug-likeness (QED) is 0.611. The van der Waals surface area contributed by atoms with Gasteiger partial charge in [-0.2, -0.15) is 0 Å². The van der Waals surface area contributed by atoms with Gasteiger partial charge in [0, 0.05) is 41.0 Å². The molecule has 6 nitrogen and oxygen atoms in total. The second-order valence-corrected chi connectivity index (χ2v) is 5.94. The fourth-order valence-electron chi connectivity index (χ4n) is 2.36. The largest absolute Gasteiger partial charge is 0.480 e. The van der Waals surface area contributed by atoms with E-state index in [2.05, 4.69) is 26.2 Å². The van der Waals surface area contributed by atoms with Crippen LogP contribution in [0.5, 0.6) is 0 Å². The van der Waals surface area contributed by atoms with Crippen molar-refractivity contribution in [1.29, 1.82) is 0 Å². The number of carboxylic acid groups (broad SMARTS) is 1. The molecule has 1 aromatic heterocycles. The van der Waals surface area contributed by atoms with Crippen molar-refractivity contribution in [2.75, 3.05) is 13.2 Å². The monoisotopic (exact) mass is 382 g/mol. The Morgan fingerprint density at radius 2 is 2.22 bits per heavy atom. The summed E-state index contributed by atoms with van der Waals surface area (Å²) in [5.74, 6) is -1.39. The van der Waals surface area contributed by atoms with Crippen LogP contribution >= 0.6 is 15.9 Å².